The highest BCUT2D eigenvalue weighted by molar-refractivity contribution is 5.10. The molecule has 0 amide bonds. The summed E-state index contributed by atoms with van der Waals surface area (Å²) >= 11 is 0. The quantitative estimate of drug-likeness (QED) is 0.0777. The maximum atomic E-state index is 9.96. The lowest BCUT2D eigenvalue weighted by molar-refractivity contribution is -0.0366. The largest absolute Gasteiger partial charge is 0.375 e. The molecule has 0 saturated heterocycles. The lowest BCUT2D eigenvalue weighted by atomic mass is 9.88. The molecule has 0 N–H and O–H groups in total. The van der Waals surface area contributed by atoms with Gasteiger partial charge in [-0.25, -0.2) is 0 Å². The van der Waals surface area contributed by atoms with Gasteiger partial charge in [-0.2, -0.15) is 20.8 Å². The van der Waals surface area contributed by atoms with E-state index in [9.17, 15) is 10.5 Å². The molecular weight excluding hydrogens is 496 g/mol. The zero-order valence-electron chi connectivity index (χ0n) is 27.7. The van der Waals surface area contributed by atoms with Crippen LogP contribution < -0.4 is 0 Å². The summed E-state index contributed by atoms with van der Waals surface area (Å²) in [4.78, 5) is 0. The smallest absolute Gasteiger partial charge is 0.167 e. The monoisotopic (exact) mass is 561 g/mol. The highest BCUT2D eigenvalue weighted by atomic mass is 16.5. The molecular formula is C34H64N4O2. The van der Waals surface area contributed by atoms with Crippen LogP contribution >= 0.6 is 0 Å². The first-order valence-corrected chi connectivity index (χ1v) is 16.4. The van der Waals surface area contributed by atoms with Gasteiger partial charge < -0.3 is 9.47 Å². The van der Waals surface area contributed by atoms with Crippen LogP contribution in [0.4, 0.5) is 0 Å². The van der Waals surface area contributed by atoms with E-state index in [0.717, 1.165) is 12.8 Å². The highest BCUT2D eigenvalue weighted by Gasteiger charge is 2.37. The first-order valence-electron chi connectivity index (χ1n) is 16.4. The van der Waals surface area contributed by atoms with Crippen LogP contribution in [0.25, 0.3) is 0 Å². The fourth-order valence-electron chi connectivity index (χ4n) is 5.34. The van der Waals surface area contributed by atoms with Gasteiger partial charge in [-0.15, -0.1) is 0 Å². The Hall–Kier alpha value is -1.50. The Balaban J connectivity index is 4.67. The second kappa shape index (κ2) is 21.2. The molecule has 0 rings (SSSR count). The lowest BCUT2D eigenvalue weighted by Crippen LogP contribution is -2.38. The summed E-state index contributed by atoms with van der Waals surface area (Å²) in [6, 6.07) is 4.64. The van der Waals surface area contributed by atoms with Gasteiger partial charge in [-0.1, -0.05) is 104 Å². The van der Waals surface area contributed by atoms with Crippen molar-refractivity contribution in [3.63, 3.8) is 0 Å². The Morgan fingerprint density at radius 3 is 1.02 bits per heavy atom. The molecule has 0 aliphatic heterocycles. The minimum absolute atomic E-state index is 0.414. The standard InChI is InChI=1S/C34H64N4O2/c1-9-11-13-15-17-19-21-23-25-39-31(3,4)27-33(7,29-35)37-38-34(8,30-36)28-32(5,6)40-26-24-22-20-18-16-14-12-10-2/h9-28H2,1-8H3. The summed E-state index contributed by atoms with van der Waals surface area (Å²) in [6.07, 6.45) is 20.9. The van der Waals surface area contributed by atoms with Gasteiger partial charge in [0.1, 0.15) is 0 Å². The fourth-order valence-corrected chi connectivity index (χ4v) is 5.34. The molecule has 40 heavy (non-hydrogen) atoms. The first-order chi connectivity index (χ1) is 18.9. The fraction of sp³-hybridized carbons (Fsp3) is 0.941. The summed E-state index contributed by atoms with van der Waals surface area (Å²) in [5.41, 5.74) is -3.15. The summed E-state index contributed by atoms with van der Waals surface area (Å²) in [6.45, 7) is 17.4. The molecule has 0 aromatic carbocycles. The second-order valence-corrected chi connectivity index (χ2v) is 13.5. The van der Waals surface area contributed by atoms with Crippen molar-refractivity contribution in [1.29, 1.82) is 10.5 Å². The van der Waals surface area contributed by atoms with Gasteiger partial charge in [-0.3, -0.25) is 0 Å². The number of unbranched alkanes of at least 4 members (excludes halogenated alkanes) is 14. The van der Waals surface area contributed by atoms with E-state index in [4.69, 9.17) is 9.47 Å². The molecule has 2 atom stereocenters. The van der Waals surface area contributed by atoms with Crippen molar-refractivity contribution < 1.29 is 9.47 Å². The molecule has 0 aromatic rings. The summed E-state index contributed by atoms with van der Waals surface area (Å²) in [7, 11) is 0. The molecule has 6 heteroatoms. The van der Waals surface area contributed by atoms with Crippen molar-refractivity contribution in [3.05, 3.63) is 0 Å². The average molecular weight is 561 g/mol. The number of hydrogen-bond acceptors (Lipinski definition) is 6. The Bertz CT molecular complexity index is 690. The minimum atomic E-state index is -1.07. The van der Waals surface area contributed by atoms with Crippen LogP contribution in [0.2, 0.25) is 0 Å². The molecule has 0 aliphatic carbocycles. The predicted molar refractivity (Wildman–Crippen MR) is 167 cm³/mol. The van der Waals surface area contributed by atoms with Crippen LogP contribution in [0, 0.1) is 22.7 Å². The summed E-state index contributed by atoms with van der Waals surface area (Å²) < 4.78 is 12.3. The van der Waals surface area contributed by atoms with Gasteiger partial charge in [0.15, 0.2) is 11.1 Å². The van der Waals surface area contributed by atoms with Gasteiger partial charge >= 0.3 is 0 Å². The normalized spacial score (nSPS) is 15.4. The van der Waals surface area contributed by atoms with E-state index < -0.39 is 22.3 Å². The Kier molecular flexibility index (Phi) is 20.4. The van der Waals surface area contributed by atoms with E-state index in [1.54, 1.807) is 13.8 Å². The van der Waals surface area contributed by atoms with Crippen molar-refractivity contribution >= 4 is 0 Å². The van der Waals surface area contributed by atoms with Gasteiger partial charge in [-0.05, 0) is 54.4 Å². The number of azo groups is 1. The number of ether oxygens (including phenoxy) is 2. The van der Waals surface area contributed by atoms with Gasteiger partial charge in [0.25, 0.3) is 0 Å². The van der Waals surface area contributed by atoms with E-state index in [1.807, 2.05) is 27.7 Å². The molecule has 2 unspecified atom stereocenters. The molecule has 0 aromatic heterocycles. The van der Waals surface area contributed by atoms with Crippen LogP contribution in [0.5, 0.6) is 0 Å². The number of rotatable bonds is 26. The average Bonchev–Trinajstić information content (AvgIpc) is 2.89. The summed E-state index contributed by atoms with van der Waals surface area (Å²) in [5.74, 6) is 0. The molecule has 0 aliphatic rings. The van der Waals surface area contributed by atoms with Gasteiger partial charge in [0.05, 0.1) is 23.3 Å². The van der Waals surface area contributed by atoms with Crippen molar-refractivity contribution in [3.8, 4) is 12.1 Å². The van der Waals surface area contributed by atoms with Gasteiger partial charge in [0, 0.05) is 26.1 Å². The third-order valence-corrected chi connectivity index (χ3v) is 7.49. The van der Waals surface area contributed by atoms with E-state index in [2.05, 4.69) is 36.2 Å². The Morgan fingerprint density at radius 1 is 0.475 bits per heavy atom. The molecule has 0 spiro atoms. The number of nitrogens with zero attached hydrogens (tertiary/aromatic N) is 4. The number of nitriles is 2. The SMILES string of the molecule is CCCCCCCCCCOC(C)(C)CC(C)(C#N)N=NC(C)(C#N)CC(C)(C)OCCCCCCCCCC. The van der Waals surface area contributed by atoms with Crippen molar-refractivity contribution in [2.75, 3.05) is 13.2 Å². The maximum Gasteiger partial charge on any atom is 0.167 e. The van der Waals surface area contributed by atoms with Crippen molar-refractivity contribution in [2.24, 2.45) is 10.2 Å². The molecule has 0 fully saturated rings. The lowest BCUT2D eigenvalue weighted by Gasteiger charge is -2.32. The second-order valence-electron chi connectivity index (χ2n) is 13.5. The third kappa shape index (κ3) is 20.4. The van der Waals surface area contributed by atoms with E-state index in [-0.39, 0.29) is 0 Å². The molecule has 0 heterocycles. The van der Waals surface area contributed by atoms with Crippen LogP contribution in [0.15, 0.2) is 10.2 Å². The van der Waals surface area contributed by atoms with E-state index in [1.165, 1.54) is 89.9 Å². The molecule has 0 bridgehead atoms. The van der Waals surface area contributed by atoms with Crippen molar-refractivity contribution in [2.45, 2.75) is 193 Å². The predicted octanol–water partition coefficient (Wildman–Crippen LogP) is 10.7. The van der Waals surface area contributed by atoms with Crippen LogP contribution in [0.3, 0.4) is 0 Å². The molecule has 0 saturated carbocycles. The van der Waals surface area contributed by atoms with Crippen LogP contribution in [-0.4, -0.2) is 35.5 Å². The zero-order chi connectivity index (χ0) is 30.4. The highest BCUT2D eigenvalue weighted by Crippen LogP contribution is 2.31. The molecule has 0 radical (unpaired) electrons. The van der Waals surface area contributed by atoms with E-state index in [0.29, 0.717) is 26.1 Å². The first kappa shape index (κ1) is 38.5. The van der Waals surface area contributed by atoms with E-state index >= 15 is 0 Å². The van der Waals surface area contributed by atoms with Crippen LogP contribution in [0.1, 0.15) is 171 Å². The minimum Gasteiger partial charge on any atom is -0.375 e. The Labute approximate surface area is 248 Å². The summed E-state index contributed by atoms with van der Waals surface area (Å²) in [5, 5.41) is 28.8. The Morgan fingerprint density at radius 2 is 0.750 bits per heavy atom. The topological polar surface area (TPSA) is 90.8 Å². The van der Waals surface area contributed by atoms with Crippen molar-refractivity contribution in [1.82, 2.24) is 0 Å². The van der Waals surface area contributed by atoms with Crippen LogP contribution in [-0.2, 0) is 9.47 Å². The molecule has 232 valence electrons. The number of hydrogen-bond donors (Lipinski definition) is 0. The maximum absolute atomic E-state index is 9.96. The zero-order valence-corrected chi connectivity index (χ0v) is 27.7. The van der Waals surface area contributed by atoms with Gasteiger partial charge in [0.2, 0.25) is 0 Å². The molecule has 6 nitrogen and oxygen atoms in total. The third-order valence-electron chi connectivity index (χ3n) is 7.49.